The molecule has 0 unspecified atom stereocenters. The van der Waals surface area contributed by atoms with Crippen LogP contribution in [0.15, 0.2) is 70.5 Å². The molecule has 1 amide bonds. The number of halogens is 1. The number of alkyl carbamates (subject to hydrolysis) is 1. The van der Waals surface area contributed by atoms with E-state index in [1.165, 1.54) is 6.07 Å². The number of H-pyrrole nitrogens is 1. The topological polar surface area (TPSA) is 103 Å². The summed E-state index contributed by atoms with van der Waals surface area (Å²) in [5.74, 6) is 0.157. The van der Waals surface area contributed by atoms with Crippen LogP contribution in [0.3, 0.4) is 0 Å². The van der Waals surface area contributed by atoms with Gasteiger partial charge < -0.3 is 9.64 Å². The number of ether oxygens (including phenoxy) is 1. The number of likely N-dealkylation sites (N-methyl/N-ethyl adjacent to an activating group) is 1. The molecule has 4 aromatic rings. The largest absolute Gasteiger partial charge is 0.448 e. The highest BCUT2D eigenvalue weighted by Crippen LogP contribution is 2.33. The predicted octanol–water partition coefficient (Wildman–Crippen LogP) is 3.88. The summed E-state index contributed by atoms with van der Waals surface area (Å²) >= 11 is 0. The van der Waals surface area contributed by atoms with Crippen LogP contribution in [0.1, 0.15) is 16.8 Å². The van der Waals surface area contributed by atoms with Gasteiger partial charge in [-0.1, -0.05) is 36.4 Å². The summed E-state index contributed by atoms with van der Waals surface area (Å²) in [6, 6.07) is 17.9. The van der Waals surface area contributed by atoms with Crippen molar-refractivity contribution in [2.24, 2.45) is 4.99 Å². The van der Waals surface area contributed by atoms with Crippen LogP contribution in [0.5, 0.6) is 0 Å². The standard InChI is InChI=1S/C31H31FN6O3/c1-37-10-12-38(13-11-37)14-15-41-31(40)34-29-19-22-8-7-21(18-27(22)33-29)25-16-20(6-9-26(25)32)17-28-23-4-2-3-5-24(23)30(39)36-35-28/h2-9,16,18H,10-15,17,19H2,1H3,(H,36,39)(H,33,34,40). The van der Waals surface area contributed by atoms with Crippen molar-refractivity contribution in [3.63, 3.8) is 0 Å². The molecule has 0 spiro atoms. The molecule has 1 fully saturated rings. The number of hydrogen-bond acceptors (Lipinski definition) is 7. The van der Waals surface area contributed by atoms with Gasteiger partial charge in [-0.25, -0.2) is 19.3 Å². The zero-order chi connectivity index (χ0) is 28.3. The van der Waals surface area contributed by atoms with E-state index in [9.17, 15) is 14.0 Å². The van der Waals surface area contributed by atoms with Crippen LogP contribution in [0.2, 0.25) is 0 Å². The molecular formula is C31H31FN6O3. The fourth-order valence-corrected chi connectivity index (χ4v) is 5.32. The third-order valence-electron chi connectivity index (χ3n) is 7.67. The second-order valence-electron chi connectivity index (χ2n) is 10.5. The molecular weight excluding hydrogens is 523 g/mol. The summed E-state index contributed by atoms with van der Waals surface area (Å²) in [6.45, 7) is 4.99. The normalized spacial score (nSPS) is 15.5. The predicted molar refractivity (Wildman–Crippen MR) is 156 cm³/mol. The number of fused-ring (bicyclic) bond motifs is 2. The molecule has 9 nitrogen and oxygen atoms in total. The summed E-state index contributed by atoms with van der Waals surface area (Å²) in [4.78, 5) is 33.6. The Labute approximate surface area is 236 Å². The minimum absolute atomic E-state index is 0.240. The number of benzene rings is 3. The van der Waals surface area contributed by atoms with Gasteiger partial charge in [-0.3, -0.25) is 15.0 Å². The molecule has 1 saturated heterocycles. The van der Waals surface area contributed by atoms with Crippen LogP contribution in [-0.4, -0.2) is 78.3 Å². The number of nitrogens with one attached hydrogen (secondary N) is 2. The van der Waals surface area contributed by atoms with E-state index in [4.69, 9.17) is 4.74 Å². The van der Waals surface area contributed by atoms with E-state index in [1.807, 2.05) is 36.4 Å². The fourth-order valence-electron chi connectivity index (χ4n) is 5.32. The van der Waals surface area contributed by atoms with E-state index in [1.54, 1.807) is 18.2 Å². The molecule has 2 aliphatic heterocycles. The number of rotatable bonds is 6. The van der Waals surface area contributed by atoms with Gasteiger partial charge in [-0.15, -0.1) is 0 Å². The lowest BCUT2D eigenvalue weighted by atomic mass is 9.97. The molecule has 2 N–H and O–H groups in total. The van der Waals surface area contributed by atoms with Crippen molar-refractivity contribution in [3.05, 3.63) is 93.7 Å². The van der Waals surface area contributed by atoms with Gasteiger partial charge in [0.15, 0.2) is 0 Å². The molecule has 2 aliphatic rings. The van der Waals surface area contributed by atoms with E-state index in [-0.39, 0.29) is 11.4 Å². The lowest BCUT2D eigenvalue weighted by molar-refractivity contribution is 0.106. The Hall–Kier alpha value is -4.41. The van der Waals surface area contributed by atoms with E-state index < -0.39 is 6.09 Å². The minimum atomic E-state index is -0.520. The molecule has 0 radical (unpaired) electrons. The smallest absolute Gasteiger partial charge is 0.412 e. The Bertz CT molecular complexity index is 1690. The number of carbonyl (C=O) groups excluding carboxylic acids is 1. The Balaban J connectivity index is 1.13. The number of hydrogen-bond donors (Lipinski definition) is 2. The van der Waals surface area contributed by atoms with E-state index in [0.29, 0.717) is 59.7 Å². The molecule has 6 rings (SSSR count). The van der Waals surface area contributed by atoms with Gasteiger partial charge in [0.25, 0.3) is 5.56 Å². The Morgan fingerprint density at radius 3 is 2.68 bits per heavy atom. The van der Waals surface area contributed by atoms with Gasteiger partial charge in [0.2, 0.25) is 0 Å². The first-order valence-corrected chi connectivity index (χ1v) is 13.7. The number of aromatic amines is 1. The lowest BCUT2D eigenvalue weighted by Gasteiger charge is -2.31. The molecule has 0 aliphatic carbocycles. The van der Waals surface area contributed by atoms with Crippen molar-refractivity contribution in [1.82, 2.24) is 25.3 Å². The van der Waals surface area contributed by atoms with Crippen LogP contribution < -0.4 is 10.9 Å². The SMILES string of the molecule is CN1CCN(CCOC(=O)NC2=Nc3cc(-c4cc(Cc5n[nH]c(=O)c6ccccc56)ccc4F)ccc3C2)CC1. The third kappa shape index (κ3) is 6.03. The second-order valence-corrected chi connectivity index (χ2v) is 10.5. The van der Waals surface area contributed by atoms with Gasteiger partial charge in [0.1, 0.15) is 18.3 Å². The minimum Gasteiger partial charge on any atom is -0.448 e. The summed E-state index contributed by atoms with van der Waals surface area (Å²) < 4.78 is 20.4. The molecule has 3 aromatic carbocycles. The van der Waals surface area contributed by atoms with Crippen molar-refractivity contribution in [1.29, 1.82) is 0 Å². The number of amides is 1. The Kier molecular flexibility index (Phi) is 7.58. The van der Waals surface area contributed by atoms with Crippen LogP contribution in [-0.2, 0) is 17.6 Å². The molecule has 0 bridgehead atoms. The Morgan fingerprint density at radius 1 is 1.05 bits per heavy atom. The van der Waals surface area contributed by atoms with E-state index in [2.05, 4.69) is 37.4 Å². The lowest BCUT2D eigenvalue weighted by Crippen LogP contribution is -2.45. The molecule has 0 saturated carbocycles. The number of carbonyl (C=O) groups is 1. The average Bonchev–Trinajstić information content (AvgIpc) is 3.38. The summed E-state index contributed by atoms with van der Waals surface area (Å²) in [6.07, 6.45) is 0.378. The maximum Gasteiger partial charge on any atom is 0.412 e. The highest BCUT2D eigenvalue weighted by Gasteiger charge is 2.20. The number of piperazine rings is 1. The van der Waals surface area contributed by atoms with Gasteiger partial charge in [-0.05, 0) is 48.0 Å². The summed E-state index contributed by atoms with van der Waals surface area (Å²) in [7, 11) is 2.11. The fraction of sp³-hybridized carbons (Fsp3) is 0.290. The van der Waals surface area contributed by atoms with Crippen molar-refractivity contribution >= 4 is 28.4 Å². The molecule has 3 heterocycles. The summed E-state index contributed by atoms with van der Waals surface area (Å²) in [5.41, 5.74) is 4.09. The number of nitrogens with zero attached hydrogens (tertiary/aromatic N) is 4. The first kappa shape index (κ1) is 26.8. The van der Waals surface area contributed by atoms with Gasteiger partial charge in [0, 0.05) is 56.5 Å². The molecule has 1 aromatic heterocycles. The average molecular weight is 555 g/mol. The number of amidine groups is 1. The summed E-state index contributed by atoms with van der Waals surface area (Å²) in [5, 5.41) is 10.9. The van der Waals surface area contributed by atoms with Crippen molar-refractivity contribution < 1.29 is 13.9 Å². The van der Waals surface area contributed by atoms with Gasteiger partial charge in [-0.2, -0.15) is 5.10 Å². The highest BCUT2D eigenvalue weighted by atomic mass is 19.1. The quantitative estimate of drug-likeness (QED) is 0.375. The maximum atomic E-state index is 15.0. The van der Waals surface area contributed by atoms with Gasteiger partial charge in [0.05, 0.1) is 16.8 Å². The van der Waals surface area contributed by atoms with Crippen LogP contribution in [0.25, 0.3) is 21.9 Å². The molecule has 41 heavy (non-hydrogen) atoms. The van der Waals surface area contributed by atoms with Crippen LogP contribution in [0.4, 0.5) is 14.9 Å². The monoisotopic (exact) mass is 554 g/mol. The zero-order valence-corrected chi connectivity index (χ0v) is 22.8. The van der Waals surface area contributed by atoms with Crippen molar-refractivity contribution in [2.45, 2.75) is 12.8 Å². The Morgan fingerprint density at radius 2 is 1.85 bits per heavy atom. The van der Waals surface area contributed by atoms with Crippen LogP contribution >= 0.6 is 0 Å². The molecule has 10 heteroatoms. The zero-order valence-electron chi connectivity index (χ0n) is 22.8. The highest BCUT2D eigenvalue weighted by molar-refractivity contribution is 6.01. The van der Waals surface area contributed by atoms with Crippen molar-refractivity contribution in [3.8, 4) is 11.1 Å². The van der Waals surface area contributed by atoms with E-state index in [0.717, 1.165) is 42.7 Å². The van der Waals surface area contributed by atoms with E-state index >= 15 is 0 Å². The first-order valence-electron chi connectivity index (χ1n) is 13.7. The second kappa shape index (κ2) is 11.6. The van der Waals surface area contributed by atoms with Crippen molar-refractivity contribution in [2.75, 3.05) is 46.4 Å². The number of aromatic nitrogens is 2. The molecule has 0 atom stereocenters. The van der Waals surface area contributed by atoms with Gasteiger partial charge >= 0.3 is 6.09 Å². The van der Waals surface area contributed by atoms with Crippen LogP contribution in [0, 0.1) is 5.82 Å². The number of aliphatic imine (C=N–C) groups is 1. The first-order chi connectivity index (χ1) is 19.9. The third-order valence-corrected chi connectivity index (χ3v) is 7.67. The molecule has 210 valence electrons. The maximum absolute atomic E-state index is 15.0.